The third kappa shape index (κ3) is 7.80. The summed E-state index contributed by atoms with van der Waals surface area (Å²) in [7, 11) is 0. The van der Waals surface area contributed by atoms with Crippen LogP contribution in [0.1, 0.15) is 24.0 Å². The van der Waals surface area contributed by atoms with Crippen LogP contribution in [-0.2, 0) is 22.4 Å². The van der Waals surface area contributed by atoms with Gasteiger partial charge in [0, 0.05) is 42.6 Å². The zero-order valence-electron chi connectivity index (χ0n) is 18.4. The van der Waals surface area contributed by atoms with Gasteiger partial charge in [-0.1, -0.05) is 24.3 Å². The van der Waals surface area contributed by atoms with Crippen molar-refractivity contribution in [1.82, 2.24) is 4.90 Å². The number of amides is 1. The summed E-state index contributed by atoms with van der Waals surface area (Å²) >= 11 is 11.8. The van der Waals surface area contributed by atoms with Crippen molar-refractivity contribution in [2.75, 3.05) is 54.7 Å². The molecule has 1 saturated heterocycles. The zero-order chi connectivity index (χ0) is 22.8. The van der Waals surface area contributed by atoms with Gasteiger partial charge in [0.2, 0.25) is 5.91 Å². The van der Waals surface area contributed by atoms with Crippen molar-refractivity contribution in [3.63, 3.8) is 0 Å². The summed E-state index contributed by atoms with van der Waals surface area (Å²) in [5.74, 6) is 1.19. The maximum Gasteiger partial charge on any atom is 0.228 e. The number of benzene rings is 2. The van der Waals surface area contributed by atoms with E-state index in [4.69, 9.17) is 23.2 Å². The molecule has 5 nitrogen and oxygen atoms in total. The molecule has 3 rings (SSSR count). The second kappa shape index (κ2) is 12.8. The van der Waals surface area contributed by atoms with Crippen molar-refractivity contribution in [2.45, 2.75) is 25.7 Å². The van der Waals surface area contributed by atoms with E-state index in [1.54, 1.807) is 0 Å². The van der Waals surface area contributed by atoms with E-state index in [2.05, 4.69) is 15.1 Å². The van der Waals surface area contributed by atoms with E-state index in [1.165, 1.54) is 12.8 Å². The molecule has 1 N–H and O–H groups in total. The molecule has 0 saturated carbocycles. The number of Topliss-reactive ketones (excluding diaryl/α,β-unsaturated/α-hetero) is 1. The van der Waals surface area contributed by atoms with E-state index < -0.39 is 0 Å². The van der Waals surface area contributed by atoms with E-state index in [1.807, 2.05) is 48.5 Å². The lowest BCUT2D eigenvalue weighted by molar-refractivity contribution is -0.119. The summed E-state index contributed by atoms with van der Waals surface area (Å²) in [4.78, 5) is 29.2. The van der Waals surface area contributed by atoms with E-state index in [9.17, 15) is 9.59 Å². The number of ketones is 1. The summed E-state index contributed by atoms with van der Waals surface area (Å²) in [5, 5.41) is 2.95. The molecule has 2 aromatic rings. The van der Waals surface area contributed by atoms with Crippen molar-refractivity contribution in [2.24, 2.45) is 0 Å². The fourth-order valence-corrected chi connectivity index (χ4v) is 4.43. The van der Waals surface area contributed by atoms with Crippen LogP contribution in [0.25, 0.3) is 0 Å². The molecule has 0 radical (unpaired) electrons. The van der Waals surface area contributed by atoms with Gasteiger partial charge in [0.25, 0.3) is 0 Å². The van der Waals surface area contributed by atoms with Crippen LogP contribution >= 0.6 is 23.2 Å². The summed E-state index contributed by atoms with van der Waals surface area (Å²) in [5.41, 5.74) is 3.62. The van der Waals surface area contributed by atoms with E-state index >= 15 is 0 Å². The Morgan fingerprint density at radius 2 is 1.59 bits per heavy atom. The van der Waals surface area contributed by atoms with Gasteiger partial charge in [0.1, 0.15) is 0 Å². The molecule has 7 heteroatoms. The Bertz CT molecular complexity index is 877. The van der Waals surface area contributed by atoms with E-state index in [0.717, 1.165) is 43.0 Å². The van der Waals surface area contributed by atoms with Crippen LogP contribution in [0.15, 0.2) is 48.5 Å². The fraction of sp³-hybridized carbons (Fsp3) is 0.440. The van der Waals surface area contributed by atoms with Crippen molar-refractivity contribution in [3.8, 4) is 0 Å². The minimum absolute atomic E-state index is 0.0864. The average molecular weight is 476 g/mol. The SMILES string of the molecule is O=C(Cc1cccc(NC(=O)Cc2ccc(N(CCCl)CCCl)cc2)c1)CN1CCCC1. The highest BCUT2D eigenvalue weighted by Gasteiger charge is 2.15. The Morgan fingerprint density at radius 3 is 2.25 bits per heavy atom. The van der Waals surface area contributed by atoms with Crippen molar-refractivity contribution >= 4 is 46.3 Å². The Hall–Kier alpha value is -2.08. The number of alkyl halides is 2. The number of carbonyl (C=O) groups is 2. The molecule has 0 spiro atoms. The third-order valence-electron chi connectivity index (χ3n) is 5.59. The topological polar surface area (TPSA) is 52.7 Å². The predicted molar refractivity (Wildman–Crippen MR) is 133 cm³/mol. The van der Waals surface area contributed by atoms with Gasteiger partial charge in [-0.15, -0.1) is 23.2 Å². The van der Waals surface area contributed by atoms with Crippen LogP contribution in [0.5, 0.6) is 0 Å². The molecule has 2 aromatic carbocycles. The highest BCUT2D eigenvalue weighted by Crippen LogP contribution is 2.17. The summed E-state index contributed by atoms with van der Waals surface area (Å²) in [6, 6.07) is 15.5. The van der Waals surface area contributed by atoms with Gasteiger partial charge in [-0.2, -0.15) is 0 Å². The quantitative estimate of drug-likeness (QED) is 0.463. The number of rotatable bonds is 12. The summed E-state index contributed by atoms with van der Waals surface area (Å²) < 4.78 is 0. The maximum absolute atomic E-state index is 12.5. The Labute approximate surface area is 200 Å². The second-order valence-electron chi connectivity index (χ2n) is 8.16. The van der Waals surface area contributed by atoms with Gasteiger partial charge in [0.15, 0.2) is 5.78 Å². The second-order valence-corrected chi connectivity index (χ2v) is 8.91. The largest absolute Gasteiger partial charge is 0.369 e. The number of nitrogens with zero attached hydrogens (tertiary/aromatic N) is 2. The molecule has 1 amide bonds. The normalized spacial score (nSPS) is 13.8. The Kier molecular flexibility index (Phi) is 9.85. The molecule has 1 aliphatic heterocycles. The lowest BCUT2D eigenvalue weighted by Gasteiger charge is -2.23. The van der Waals surface area contributed by atoms with E-state index in [0.29, 0.717) is 30.4 Å². The van der Waals surface area contributed by atoms with Crippen LogP contribution in [0, 0.1) is 0 Å². The van der Waals surface area contributed by atoms with Crippen LogP contribution in [0.3, 0.4) is 0 Å². The highest BCUT2D eigenvalue weighted by atomic mass is 35.5. The lowest BCUT2D eigenvalue weighted by Crippen LogP contribution is -2.27. The van der Waals surface area contributed by atoms with Gasteiger partial charge in [-0.05, 0) is 61.3 Å². The molecular weight excluding hydrogens is 445 g/mol. The monoisotopic (exact) mass is 475 g/mol. The number of halogens is 2. The minimum Gasteiger partial charge on any atom is -0.369 e. The molecular formula is C25H31Cl2N3O2. The molecule has 0 atom stereocenters. The Morgan fingerprint density at radius 1 is 0.906 bits per heavy atom. The first-order chi connectivity index (χ1) is 15.6. The molecule has 1 heterocycles. The predicted octanol–water partition coefficient (Wildman–Crippen LogP) is 4.36. The first-order valence-corrected chi connectivity index (χ1v) is 12.2. The lowest BCUT2D eigenvalue weighted by atomic mass is 10.1. The molecule has 0 unspecified atom stereocenters. The number of hydrogen-bond acceptors (Lipinski definition) is 4. The molecule has 1 aliphatic rings. The van der Waals surface area contributed by atoms with Crippen molar-refractivity contribution in [3.05, 3.63) is 59.7 Å². The third-order valence-corrected chi connectivity index (χ3v) is 5.92. The number of likely N-dealkylation sites (tertiary alicyclic amines) is 1. The van der Waals surface area contributed by atoms with Crippen molar-refractivity contribution in [1.29, 1.82) is 0 Å². The molecule has 172 valence electrons. The van der Waals surface area contributed by atoms with Crippen LogP contribution in [-0.4, -0.2) is 61.1 Å². The van der Waals surface area contributed by atoms with Crippen LogP contribution < -0.4 is 10.2 Å². The minimum atomic E-state index is -0.0864. The molecule has 0 bridgehead atoms. The fourth-order valence-electron chi connectivity index (χ4n) is 4.02. The van der Waals surface area contributed by atoms with Crippen LogP contribution in [0.4, 0.5) is 11.4 Å². The first-order valence-electron chi connectivity index (χ1n) is 11.2. The Balaban J connectivity index is 1.52. The summed E-state index contributed by atoms with van der Waals surface area (Å²) in [6.45, 7) is 4.00. The van der Waals surface area contributed by atoms with Gasteiger partial charge in [0.05, 0.1) is 13.0 Å². The number of nitrogens with one attached hydrogen (secondary N) is 1. The van der Waals surface area contributed by atoms with E-state index in [-0.39, 0.29) is 18.1 Å². The van der Waals surface area contributed by atoms with Crippen molar-refractivity contribution < 1.29 is 9.59 Å². The number of hydrogen-bond donors (Lipinski definition) is 1. The first kappa shape index (κ1) is 24.6. The summed E-state index contributed by atoms with van der Waals surface area (Å²) in [6.07, 6.45) is 3.03. The molecule has 32 heavy (non-hydrogen) atoms. The molecule has 0 aliphatic carbocycles. The van der Waals surface area contributed by atoms with Gasteiger partial charge in [-0.3, -0.25) is 14.5 Å². The van der Waals surface area contributed by atoms with Gasteiger partial charge < -0.3 is 10.2 Å². The van der Waals surface area contributed by atoms with Crippen LogP contribution in [0.2, 0.25) is 0 Å². The standard InChI is InChI=1S/C25H31Cl2N3O2/c26-10-14-30(15-11-27)23-8-6-20(7-9-23)18-25(32)28-22-5-3-4-21(16-22)17-24(31)19-29-12-1-2-13-29/h3-9,16H,1-2,10-15,17-19H2,(H,28,32). The average Bonchev–Trinajstić information content (AvgIpc) is 3.27. The van der Waals surface area contributed by atoms with Gasteiger partial charge >= 0.3 is 0 Å². The number of anilines is 2. The van der Waals surface area contributed by atoms with Gasteiger partial charge in [-0.25, -0.2) is 0 Å². The highest BCUT2D eigenvalue weighted by molar-refractivity contribution is 6.18. The maximum atomic E-state index is 12.5. The number of carbonyl (C=O) groups excluding carboxylic acids is 2. The molecule has 0 aromatic heterocycles. The zero-order valence-corrected chi connectivity index (χ0v) is 19.9. The molecule has 1 fully saturated rings. The smallest absolute Gasteiger partial charge is 0.228 e.